The number of amides is 2. The van der Waals surface area contributed by atoms with Gasteiger partial charge in [-0.25, -0.2) is 0 Å². The van der Waals surface area contributed by atoms with Crippen LogP contribution in [0.25, 0.3) is 17.0 Å². The van der Waals surface area contributed by atoms with Crippen molar-refractivity contribution in [2.24, 2.45) is 0 Å². The SMILES string of the molecule is C=Cc1cccc2c(C(=O)NCC(=O)N3CCC[C@H]3C#N)c[nH]c12. The van der Waals surface area contributed by atoms with Crippen LogP contribution in [0.1, 0.15) is 28.8 Å². The molecule has 1 saturated heterocycles. The first-order chi connectivity index (χ1) is 11.7. The van der Waals surface area contributed by atoms with Crippen LogP contribution in [0.5, 0.6) is 0 Å². The van der Waals surface area contributed by atoms with Crippen LogP contribution in [0, 0.1) is 11.3 Å². The third-order valence-electron chi connectivity index (χ3n) is 4.33. The molecule has 0 radical (unpaired) electrons. The number of fused-ring (bicyclic) bond motifs is 1. The van der Waals surface area contributed by atoms with Gasteiger partial charge in [0.1, 0.15) is 6.04 Å². The molecule has 0 unspecified atom stereocenters. The zero-order valence-electron chi connectivity index (χ0n) is 13.2. The Morgan fingerprint density at radius 3 is 3.08 bits per heavy atom. The number of para-hydroxylation sites is 1. The van der Waals surface area contributed by atoms with Crippen molar-refractivity contribution in [3.05, 3.63) is 42.1 Å². The fraction of sp³-hybridized carbons (Fsp3) is 0.278. The van der Waals surface area contributed by atoms with Crippen LogP contribution in [-0.4, -0.2) is 40.8 Å². The zero-order valence-corrected chi connectivity index (χ0v) is 13.2. The van der Waals surface area contributed by atoms with E-state index in [0.717, 1.165) is 22.9 Å². The summed E-state index contributed by atoms with van der Waals surface area (Å²) in [6.07, 6.45) is 4.87. The molecule has 2 N–H and O–H groups in total. The minimum absolute atomic E-state index is 0.106. The topological polar surface area (TPSA) is 89.0 Å². The van der Waals surface area contributed by atoms with Crippen LogP contribution in [0.15, 0.2) is 31.0 Å². The molecule has 3 rings (SSSR count). The van der Waals surface area contributed by atoms with E-state index < -0.39 is 0 Å². The average molecular weight is 322 g/mol. The lowest BCUT2D eigenvalue weighted by atomic mass is 10.1. The van der Waals surface area contributed by atoms with Gasteiger partial charge in [0.25, 0.3) is 5.91 Å². The molecule has 6 heteroatoms. The van der Waals surface area contributed by atoms with Gasteiger partial charge in [0.15, 0.2) is 0 Å². The first-order valence-electron chi connectivity index (χ1n) is 7.85. The second-order valence-corrected chi connectivity index (χ2v) is 5.73. The van der Waals surface area contributed by atoms with Crippen molar-refractivity contribution in [2.45, 2.75) is 18.9 Å². The maximum atomic E-state index is 12.4. The largest absolute Gasteiger partial charge is 0.360 e. The van der Waals surface area contributed by atoms with Gasteiger partial charge in [-0.3, -0.25) is 9.59 Å². The summed E-state index contributed by atoms with van der Waals surface area (Å²) < 4.78 is 0. The molecule has 1 atom stereocenters. The van der Waals surface area contributed by atoms with Crippen molar-refractivity contribution in [1.82, 2.24) is 15.2 Å². The summed E-state index contributed by atoms with van der Waals surface area (Å²) >= 11 is 0. The van der Waals surface area contributed by atoms with Crippen LogP contribution in [0.2, 0.25) is 0 Å². The summed E-state index contributed by atoms with van der Waals surface area (Å²) in [5.74, 6) is -0.539. The molecule has 1 aromatic heterocycles. The van der Waals surface area contributed by atoms with Crippen LogP contribution < -0.4 is 5.32 Å². The van der Waals surface area contributed by atoms with Crippen molar-refractivity contribution in [2.75, 3.05) is 13.1 Å². The predicted octanol–water partition coefficient (Wildman–Crippen LogP) is 2.06. The molecule has 6 nitrogen and oxygen atoms in total. The number of carbonyl (C=O) groups excluding carboxylic acids is 2. The second-order valence-electron chi connectivity index (χ2n) is 5.73. The Bertz CT molecular complexity index is 846. The number of likely N-dealkylation sites (tertiary alicyclic amines) is 1. The Labute approximate surface area is 139 Å². The summed E-state index contributed by atoms with van der Waals surface area (Å²) in [5, 5.41) is 12.5. The van der Waals surface area contributed by atoms with E-state index in [0.29, 0.717) is 18.5 Å². The quantitative estimate of drug-likeness (QED) is 0.903. The minimum atomic E-state index is -0.377. The monoisotopic (exact) mass is 322 g/mol. The van der Waals surface area contributed by atoms with Crippen LogP contribution in [0.3, 0.4) is 0 Å². The number of H-pyrrole nitrogens is 1. The predicted molar refractivity (Wildman–Crippen MR) is 91.1 cm³/mol. The van der Waals surface area contributed by atoms with Crippen molar-refractivity contribution in [3.8, 4) is 6.07 Å². The number of rotatable bonds is 4. The van der Waals surface area contributed by atoms with Gasteiger partial charge in [-0.1, -0.05) is 30.9 Å². The van der Waals surface area contributed by atoms with Crippen molar-refractivity contribution < 1.29 is 9.59 Å². The maximum Gasteiger partial charge on any atom is 0.253 e. The van der Waals surface area contributed by atoms with Gasteiger partial charge in [0.05, 0.1) is 23.7 Å². The van der Waals surface area contributed by atoms with Crippen molar-refractivity contribution >= 4 is 28.8 Å². The number of nitrogens with one attached hydrogen (secondary N) is 2. The number of hydrogen-bond acceptors (Lipinski definition) is 3. The van der Waals surface area contributed by atoms with Gasteiger partial charge in [-0.05, 0) is 18.4 Å². The molecule has 24 heavy (non-hydrogen) atoms. The van der Waals surface area contributed by atoms with Crippen molar-refractivity contribution in [1.29, 1.82) is 5.26 Å². The van der Waals surface area contributed by atoms with Crippen LogP contribution in [0.4, 0.5) is 0 Å². The highest BCUT2D eigenvalue weighted by Gasteiger charge is 2.28. The molecule has 1 aliphatic rings. The van der Waals surface area contributed by atoms with E-state index in [4.69, 9.17) is 5.26 Å². The molecule has 2 amide bonds. The molecule has 122 valence electrons. The van der Waals surface area contributed by atoms with Gasteiger partial charge < -0.3 is 15.2 Å². The highest BCUT2D eigenvalue weighted by molar-refractivity contribution is 6.08. The number of aromatic amines is 1. The Kier molecular flexibility index (Phi) is 4.34. The molecular weight excluding hydrogens is 304 g/mol. The Balaban J connectivity index is 1.71. The number of carbonyl (C=O) groups is 2. The third kappa shape index (κ3) is 2.76. The smallest absolute Gasteiger partial charge is 0.253 e. The van der Waals surface area contributed by atoms with Gasteiger partial charge in [-0.2, -0.15) is 5.26 Å². The van der Waals surface area contributed by atoms with Crippen molar-refractivity contribution in [3.63, 3.8) is 0 Å². The second kappa shape index (κ2) is 6.59. The normalized spacial score (nSPS) is 16.8. The van der Waals surface area contributed by atoms with E-state index in [9.17, 15) is 9.59 Å². The van der Waals surface area contributed by atoms with E-state index in [2.05, 4.69) is 22.9 Å². The summed E-state index contributed by atoms with van der Waals surface area (Å²) in [5.41, 5.74) is 2.24. The summed E-state index contributed by atoms with van der Waals surface area (Å²) in [7, 11) is 0. The molecule has 2 aromatic rings. The van der Waals surface area contributed by atoms with E-state index in [1.807, 2.05) is 18.2 Å². The molecule has 0 aliphatic carbocycles. The Hall–Kier alpha value is -3.07. The molecule has 1 aliphatic heterocycles. The minimum Gasteiger partial charge on any atom is -0.360 e. The van der Waals surface area contributed by atoms with Gasteiger partial charge >= 0.3 is 0 Å². The van der Waals surface area contributed by atoms with E-state index in [1.54, 1.807) is 12.3 Å². The lowest BCUT2D eigenvalue weighted by Crippen LogP contribution is -2.42. The highest BCUT2D eigenvalue weighted by Crippen LogP contribution is 2.22. The molecule has 1 aromatic carbocycles. The number of nitriles is 1. The first-order valence-corrected chi connectivity index (χ1v) is 7.85. The third-order valence-corrected chi connectivity index (χ3v) is 4.33. The number of hydrogen-bond donors (Lipinski definition) is 2. The molecular formula is C18H18N4O2. The Morgan fingerprint density at radius 1 is 1.50 bits per heavy atom. The highest BCUT2D eigenvalue weighted by atomic mass is 16.2. The lowest BCUT2D eigenvalue weighted by molar-refractivity contribution is -0.130. The van der Waals surface area contributed by atoms with Gasteiger partial charge in [-0.15, -0.1) is 0 Å². The lowest BCUT2D eigenvalue weighted by Gasteiger charge is -2.19. The van der Waals surface area contributed by atoms with E-state index in [1.165, 1.54) is 4.90 Å². The Morgan fingerprint density at radius 2 is 2.33 bits per heavy atom. The molecule has 0 saturated carbocycles. The van der Waals surface area contributed by atoms with Gasteiger partial charge in [0.2, 0.25) is 5.91 Å². The fourth-order valence-electron chi connectivity index (χ4n) is 3.09. The number of nitrogens with zero attached hydrogens (tertiary/aromatic N) is 2. The molecule has 2 heterocycles. The average Bonchev–Trinajstić information content (AvgIpc) is 3.25. The van der Waals surface area contributed by atoms with Crippen LogP contribution in [-0.2, 0) is 4.79 Å². The number of benzene rings is 1. The molecule has 0 bridgehead atoms. The van der Waals surface area contributed by atoms with E-state index in [-0.39, 0.29) is 24.4 Å². The molecule has 0 spiro atoms. The standard InChI is InChI=1S/C18H18N4O2/c1-2-12-5-3-7-14-15(10-20-17(12)14)18(24)21-11-16(23)22-8-4-6-13(22)9-19/h2-3,5,7,10,13,20H,1,4,6,8,11H2,(H,21,24)/t13-/m0/s1. The molecule has 1 fully saturated rings. The van der Waals surface area contributed by atoms with E-state index >= 15 is 0 Å². The van der Waals surface area contributed by atoms with Gasteiger partial charge in [0, 0.05) is 18.1 Å². The summed E-state index contributed by atoms with van der Waals surface area (Å²) in [6, 6.07) is 7.36. The van der Waals surface area contributed by atoms with Crippen LogP contribution >= 0.6 is 0 Å². The first kappa shape index (κ1) is 15.8. The summed E-state index contributed by atoms with van der Waals surface area (Å²) in [4.78, 5) is 29.2. The fourth-order valence-corrected chi connectivity index (χ4v) is 3.09. The number of aromatic nitrogens is 1. The summed E-state index contributed by atoms with van der Waals surface area (Å²) in [6.45, 7) is 4.22. The maximum absolute atomic E-state index is 12.4. The zero-order chi connectivity index (χ0) is 17.1.